The second-order valence-electron chi connectivity index (χ2n) is 8.28. The summed E-state index contributed by atoms with van der Waals surface area (Å²) in [6, 6.07) is 17.8. The lowest BCUT2D eigenvalue weighted by Gasteiger charge is -2.27. The van der Waals surface area contributed by atoms with Gasteiger partial charge in [-0.25, -0.2) is 9.37 Å². The highest BCUT2D eigenvalue weighted by Crippen LogP contribution is 2.33. The average Bonchev–Trinajstić information content (AvgIpc) is 2.89. The summed E-state index contributed by atoms with van der Waals surface area (Å²) in [5, 5.41) is 1.000. The number of benzene rings is 3. The van der Waals surface area contributed by atoms with Gasteiger partial charge in [-0.15, -0.1) is 0 Å². The number of ether oxygens (including phenoxy) is 4. The number of rotatable bonds is 5. The SMILES string of the molecule is O=c1c2ccccc2nc(SCc2cc3c(cc2F)COCO3)n1C[C@@H]1COc2ccccc2O1. The monoisotopic (exact) mass is 492 g/mol. The van der Waals surface area contributed by atoms with E-state index < -0.39 is 0 Å². The number of fused-ring (bicyclic) bond motifs is 3. The van der Waals surface area contributed by atoms with Crippen LogP contribution in [0.1, 0.15) is 11.1 Å². The molecule has 0 N–H and O–H groups in total. The highest BCUT2D eigenvalue weighted by molar-refractivity contribution is 7.98. The van der Waals surface area contributed by atoms with Crippen molar-refractivity contribution in [2.75, 3.05) is 13.4 Å². The zero-order chi connectivity index (χ0) is 23.8. The molecule has 4 aromatic rings. The molecule has 3 heterocycles. The van der Waals surface area contributed by atoms with Gasteiger partial charge >= 0.3 is 0 Å². The van der Waals surface area contributed by atoms with Gasteiger partial charge in [-0.3, -0.25) is 9.36 Å². The summed E-state index contributed by atoms with van der Waals surface area (Å²) in [4.78, 5) is 18.2. The van der Waals surface area contributed by atoms with Crippen LogP contribution in [0, 0.1) is 5.82 Å². The zero-order valence-corrected chi connectivity index (χ0v) is 19.4. The van der Waals surface area contributed by atoms with Gasteiger partial charge < -0.3 is 18.9 Å². The number of nitrogens with zero attached hydrogens (tertiary/aromatic N) is 2. The minimum absolute atomic E-state index is 0.142. The summed E-state index contributed by atoms with van der Waals surface area (Å²) in [6.07, 6.45) is -0.376. The van der Waals surface area contributed by atoms with Crippen LogP contribution >= 0.6 is 11.8 Å². The molecule has 178 valence electrons. The Labute approximate surface area is 204 Å². The van der Waals surface area contributed by atoms with E-state index in [2.05, 4.69) is 0 Å². The van der Waals surface area contributed by atoms with Crippen molar-refractivity contribution in [1.29, 1.82) is 0 Å². The first-order valence-corrected chi connectivity index (χ1v) is 12.2. The Balaban J connectivity index is 1.32. The molecule has 7 nitrogen and oxygen atoms in total. The van der Waals surface area contributed by atoms with Crippen LogP contribution in [0.2, 0.25) is 0 Å². The van der Waals surface area contributed by atoms with Crippen LogP contribution in [0.15, 0.2) is 70.6 Å². The van der Waals surface area contributed by atoms with Crippen LogP contribution in [-0.4, -0.2) is 29.1 Å². The Bertz CT molecular complexity index is 1470. The summed E-state index contributed by atoms with van der Waals surface area (Å²) in [6.45, 7) is 1.02. The maximum atomic E-state index is 14.8. The molecule has 1 atom stereocenters. The maximum Gasteiger partial charge on any atom is 0.262 e. The number of hydrogen-bond acceptors (Lipinski definition) is 7. The van der Waals surface area contributed by atoms with Gasteiger partial charge in [0.1, 0.15) is 18.2 Å². The molecular weight excluding hydrogens is 471 g/mol. The molecule has 35 heavy (non-hydrogen) atoms. The van der Waals surface area contributed by atoms with E-state index in [1.807, 2.05) is 36.4 Å². The van der Waals surface area contributed by atoms with Crippen LogP contribution in [0.4, 0.5) is 4.39 Å². The van der Waals surface area contributed by atoms with Crippen molar-refractivity contribution in [2.45, 2.75) is 30.2 Å². The van der Waals surface area contributed by atoms with Crippen LogP contribution in [0.5, 0.6) is 17.2 Å². The first kappa shape index (κ1) is 21.9. The topological polar surface area (TPSA) is 71.8 Å². The van der Waals surface area contributed by atoms with Crippen molar-refractivity contribution in [1.82, 2.24) is 9.55 Å². The van der Waals surface area contributed by atoms with E-state index in [0.29, 0.717) is 57.6 Å². The third kappa shape index (κ3) is 4.33. The van der Waals surface area contributed by atoms with Gasteiger partial charge in [-0.2, -0.15) is 0 Å². The molecule has 0 radical (unpaired) electrons. The van der Waals surface area contributed by atoms with E-state index in [0.717, 1.165) is 0 Å². The van der Waals surface area contributed by atoms with Gasteiger partial charge in [-0.1, -0.05) is 36.0 Å². The highest BCUT2D eigenvalue weighted by atomic mass is 32.2. The smallest absolute Gasteiger partial charge is 0.262 e. The van der Waals surface area contributed by atoms with Crippen molar-refractivity contribution in [2.24, 2.45) is 0 Å². The zero-order valence-electron chi connectivity index (χ0n) is 18.6. The number of halogens is 1. The molecule has 3 aromatic carbocycles. The van der Waals surface area contributed by atoms with E-state index in [1.54, 1.807) is 22.8 Å². The Hall–Kier alpha value is -3.56. The Morgan fingerprint density at radius 1 is 1.03 bits per heavy atom. The lowest BCUT2D eigenvalue weighted by molar-refractivity contribution is -0.0166. The molecule has 0 aliphatic carbocycles. The van der Waals surface area contributed by atoms with E-state index in [1.165, 1.54) is 17.8 Å². The minimum atomic E-state index is -0.376. The van der Waals surface area contributed by atoms with E-state index in [4.69, 9.17) is 23.9 Å². The van der Waals surface area contributed by atoms with Gasteiger partial charge in [0.05, 0.1) is 24.1 Å². The molecule has 0 unspecified atom stereocenters. The quantitative estimate of drug-likeness (QED) is 0.299. The minimum Gasteiger partial charge on any atom is -0.486 e. The van der Waals surface area contributed by atoms with Gasteiger partial charge in [0.2, 0.25) is 0 Å². The Kier molecular flexibility index (Phi) is 5.79. The molecule has 9 heteroatoms. The fourth-order valence-corrected chi connectivity index (χ4v) is 5.15. The maximum absolute atomic E-state index is 14.8. The molecule has 1 aromatic heterocycles. The van der Waals surface area contributed by atoms with Crippen molar-refractivity contribution in [3.05, 3.63) is 88.0 Å². The van der Waals surface area contributed by atoms with Gasteiger partial charge in [0.15, 0.2) is 29.6 Å². The molecule has 0 spiro atoms. The third-order valence-corrected chi connectivity index (χ3v) is 6.95. The molecule has 0 fully saturated rings. The first-order chi connectivity index (χ1) is 17.2. The molecule has 0 amide bonds. The molecular formula is C26H21FN2O5S. The van der Waals surface area contributed by atoms with E-state index >= 15 is 0 Å². The van der Waals surface area contributed by atoms with Crippen molar-refractivity contribution in [3.63, 3.8) is 0 Å². The number of thioether (sulfide) groups is 1. The highest BCUT2D eigenvalue weighted by Gasteiger charge is 2.24. The fourth-order valence-electron chi connectivity index (χ4n) is 4.17. The van der Waals surface area contributed by atoms with Crippen LogP contribution in [-0.2, 0) is 23.6 Å². The number of hydrogen-bond donors (Lipinski definition) is 0. The lowest BCUT2D eigenvalue weighted by atomic mass is 10.1. The van der Waals surface area contributed by atoms with E-state index in [-0.39, 0.29) is 36.6 Å². The largest absolute Gasteiger partial charge is 0.486 e. The van der Waals surface area contributed by atoms with Crippen molar-refractivity contribution < 1.29 is 23.3 Å². The summed E-state index contributed by atoms with van der Waals surface area (Å²) in [5.74, 6) is 1.86. The summed E-state index contributed by atoms with van der Waals surface area (Å²) < 4.78 is 39.0. The predicted molar refractivity (Wildman–Crippen MR) is 129 cm³/mol. The van der Waals surface area contributed by atoms with Crippen molar-refractivity contribution >= 4 is 22.7 Å². The summed E-state index contributed by atoms with van der Waals surface area (Å²) in [7, 11) is 0. The normalized spacial score (nSPS) is 16.5. The number of para-hydroxylation sites is 3. The number of aromatic nitrogens is 2. The first-order valence-electron chi connectivity index (χ1n) is 11.2. The van der Waals surface area contributed by atoms with Crippen LogP contribution < -0.4 is 19.8 Å². The standard InChI is InChI=1S/C26H21FN2O5S/c27-20-9-16-12-31-15-33-24(16)10-17(20)14-35-26-28-21-6-2-1-5-19(21)25(30)29(26)11-18-13-32-22-7-3-4-8-23(22)34-18/h1-10,18H,11-15H2/t18-/m1/s1. The molecule has 0 saturated heterocycles. The average molecular weight is 493 g/mol. The summed E-state index contributed by atoms with van der Waals surface area (Å²) in [5.41, 5.74) is 1.56. The Morgan fingerprint density at radius 3 is 2.77 bits per heavy atom. The molecule has 0 saturated carbocycles. The van der Waals surface area contributed by atoms with Crippen molar-refractivity contribution in [3.8, 4) is 17.2 Å². The second kappa shape index (κ2) is 9.24. The molecule has 2 aliphatic rings. The molecule has 2 aliphatic heterocycles. The van der Waals surface area contributed by atoms with E-state index in [9.17, 15) is 9.18 Å². The summed E-state index contributed by atoms with van der Waals surface area (Å²) >= 11 is 1.30. The fraction of sp³-hybridized carbons (Fsp3) is 0.231. The third-order valence-electron chi connectivity index (χ3n) is 5.92. The van der Waals surface area contributed by atoms with Gasteiger partial charge in [0, 0.05) is 16.9 Å². The Morgan fingerprint density at radius 2 is 1.86 bits per heavy atom. The predicted octanol–water partition coefficient (Wildman–Crippen LogP) is 4.53. The second-order valence-corrected chi connectivity index (χ2v) is 9.22. The van der Waals surface area contributed by atoms with Gasteiger partial charge in [-0.05, 0) is 36.4 Å². The van der Waals surface area contributed by atoms with Crippen LogP contribution in [0.3, 0.4) is 0 Å². The molecule has 0 bridgehead atoms. The molecule has 6 rings (SSSR count). The van der Waals surface area contributed by atoms with Crippen LogP contribution in [0.25, 0.3) is 10.9 Å². The van der Waals surface area contributed by atoms with Gasteiger partial charge in [0.25, 0.3) is 5.56 Å². The lowest BCUT2D eigenvalue weighted by Crippen LogP contribution is -2.37.